The Morgan fingerprint density at radius 1 is 0.852 bits per heavy atom. The summed E-state index contributed by atoms with van der Waals surface area (Å²) in [5.41, 5.74) is 0.641. The number of hydrogen-bond donors (Lipinski definition) is 0. The molecule has 0 unspecified atom stereocenters. The van der Waals surface area contributed by atoms with Crippen molar-refractivity contribution < 1.29 is 28.5 Å². The third kappa shape index (κ3) is 5.88. The van der Waals surface area contributed by atoms with Crippen molar-refractivity contribution in [3.8, 4) is 11.5 Å². The van der Waals surface area contributed by atoms with Gasteiger partial charge in [-0.15, -0.1) is 0 Å². The highest BCUT2D eigenvalue weighted by Gasteiger charge is 2.18. The fourth-order valence-corrected chi connectivity index (χ4v) is 2.37. The molecule has 0 radical (unpaired) electrons. The molecular weight excluding hydrogens is 348 g/mol. The number of carbonyl (C=O) groups excluding carboxylic acids is 2. The summed E-state index contributed by atoms with van der Waals surface area (Å²) in [6, 6.07) is 8.84. The molecule has 2 rings (SSSR count). The van der Waals surface area contributed by atoms with Gasteiger partial charge in [0.25, 0.3) is 0 Å². The monoisotopic (exact) mass is 374 g/mol. The number of fused-ring (bicyclic) bond motifs is 1. The van der Waals surface area contributed by atoms with Gasteiger partial charge in [0.2, 0.25) is 0 Å². The molecule has 0 aromatic heterocycles. The van der Waals surface area contributed by atoms with E-state index in [-0.39, 0.29) is 25.0 Å². The van der Waals surface area contributed by atoms with E-state index in [4.69, 9.17) is 18.9 Å². The molecule has 2 aromatic carbocycles. The number of ether oxygens (including phenoxy) is 4. The Bertz CT molecular complexity index is 810. The van der Waals surface area contributed by atoms with Crippen molar-refractivity contribution in [2.75, 3.05) is 13.2 Å². The maximum Gasteiger partial charge on any atom is 0.513 e. The minimum Gasteiger partial charge on any atom is -0.434 e. The second-order valence-corrected chi connectivity index (χ2v) is 7.18. The number of hydrogen-bond acceptors (Lipinski definition) is 6. The van der Waals surface area contributed by atoms with Crippen LogP contribution in [0.1, 0.15) is 33.3 Å². The molecule has 2 aromatic rings. The topological polar surface area (TPSA) is 71.1 Å². The van der Waals surface area contributed by atoms with Gasteiger partial charge in [-0.05, 0) is 30.4 Å². The lowest BCUT2D eigenvalue weighted by Gasteiger charge is -2.15. The van der Waals surface area contributed by atoms with Crippen LogP contribution in [0.5, 0.6) is 11.5 Å². The Balaban J connectivity index is 2.27. The summed E-state index contributed by atoms with van der Waals surface area (Å²) in [4.78, 5) is 23.9. The molecule has 0 saturated carbocycles. The molecular formula is C21H26O6. The first kappa shape index (κ1) is 20.6. The second kappa shape index (κ2) is 9.26. The molecule has 0 aliphatic carbocycles. The average molecular weight is 374 g/mol. The van der Waals surface area contributed by atoms with Gasteiger partial charge in [0, 0.05) is 10.8 Å². The predicted molar refractivity (Wildman–Crippen MR) is 102 cm³/mol. The fraction of sp³-hybridized carbons (Fsp3) is 0.429. The summed E-state index contributed by atoms with van der Waals surface area (Å²) in [5.74, 6) is 1.15. The van der Waals surface area contributed by atoms with Crippen LogP contribution in [-0.4, -0.2) is 25.5 Å². The number of rotatable bonds is 6. The van der Waals surface area contributed by atoms with Gasteiger partial charge in [-0.3, -0.25) is 0 Å². The molecule has 27 heavy (non-hydrogen) atoms. The van der Waals surface area contributed by atoms with Crippen molar-refractivity contribution in [2.45, 2.75) is 34.6 Å². The molecule has 0 atom stereocenters. The molecule has 0 saturated heterocycles. The zero-order chi connectivity index (χ0) is 20.0. The highest BCUT2D eigenvalue weighted by atomic mass is 16.7. The Kier molecular flexibility index (Phi) is 7.05. The van der Waals surface area contributed by atoms with Gasteiger partial charge < -0.3 is 18.9 Å². The lowest BCUT2D eigenvalue weighted by atomic mass is 10.0. The van der Waals surface area contributed by atoms with E-state index >= 15 is 0 Å². The van der Waals surface area contributed by atoms with Gasteiger partial charge in [-0.1, -0.05) is 52.0 Å². The van der Waals surface area contributed by atoms with Crippen molar-refractivity contribution in [2.24, 2.45) is 11.8 Å². The molecule has 0 spiro atoms. The molecule has 0 heterocycles. The molecule has 0 aliphatic rings. The van der Waals surface area contributed by atoms with Crippen LogP contribution in [-0.2, 0) is 9.47 Å². The van der Waals surface area contributed by atoms with Crippen LogP contribution < -0.4 is 9.47 Å². The maximum atomic E-state index is 12.0. The Labute approximate surface area is 159 Å². The van der Waals surface area contributed by atoms with Gasteiger partial charge in [0.1, 0.15) is 11.5 Å². The fourth-order valence-electron chi connectivity index (χ4n) is 2.37. The van der Waals surface area contributed by atoms with E-state index in [0.717, 1.165) is 0 Å². The van der Waals surface area contributed by atoms with Crippen molar-refractivity contribution in [1.82, 2.24) is 0 Å². The third-order valence-corrected chi connectivity index (χ3v) is 3.59. The third-order valence-electron chi connectivity index (χ3n) is 3.59. The Morgan fingerprint density at radius 3 is 1.93 bits per heavy atom. The first-order valence-electron chi connectivity index (χ1n) is 8.99. The largest absolute Gasteiger partial charge is 0.513 e. The zero-order valence-electron chi connectivity index (χ0n) is 16.4. The number of carbonyl (C=O) groups is 2. The maximum absolute atomic E-state index is 12.0. The average Bonchev–Trinajstić information content (AvgIpc) is 2.61. The van der Waals surface area contributed by atoms with Crippen LogP contribution in [0.2, 0.25) is 0 Å². The quantitative estimate of drug-likeness (QED) is 0.492. The summed E-state index contributed by atoms with van der Waals surface area (Å²) in [7, 11) is 0. The van der Waals surface area contributed by atoms with Crippen molar-refractivity contribution in [1.29, 1.82) is 0 Å². The van der Waals surface area contributed by atoms with E-state index in [9.17, 15) is 9.59 Å². The van der Waals surface area contributed by atoms with Gasteiger partial charge in [-0.25, -0.2) is 9.59 Å². The van der Waals surface area contributed by atoms with Gasteiger partial charge in [0.05, 0.1) is 13.2 Å². The van der Waals surface area contributed by atoms with Crippen molar-refractivity contribution in [3.63, 3.8) is 0 Å². The van der Waals surface area contributed by atoms with E-state index in [1.165, 1.54) is 0 Å². The van der Waals surface area contributed by atoms with E-state index in [0.29, 0.717) is 27.8 Å². The predicted octanol–water partition coefficient (Wildman–Crippen LogP) is 5.49. The lowest BCUT2D eigenvalue weighted by Crippen LogP contribution is -2.16. The molecule has 0 aliphatic heterocycles. The van der Waals surface area contributed by atoms with E-state index < -0.39 is 12.3 Å². The molecule has 6 heteroatoms. The molecule has 0 amide bonds. The highest BCUT2D eigenvalue weighted by molar-refractivity contribution is 5.96. The first-order valence-corrected chi connectivity index (χ1v) is 8.99. The van der Waals surface area contributed by atoms with Gasteiger partial charge >= 0.3 is 12.3 Å². The van der Waals surface area contributed by atoms with Gasteiger partial charge in [0.15, 0.2) is 0 Å². The smallest absolute Gasteiger partial charge is 0.434 e. The molecule has 146 valence electrons. The van der Waals surface area contributed by atoms with E-state index in [2.05, 4.69) is 0 Å². The summed E-state index contributed by atoms with van der Waals surface area (Å²) >= 11 is 0. The van der Waals surface area contributed by atoms with Crippen molar-refractivity contribution in [3.05, 3.63) is 35.9 Å². The summed E-state index contributed by atoms with van der Waals surface area (Å²) < 4.78 is 21.0. The second-order valence-electron chi connectivity index (χ2n) is 7.18. The Hall–Kier alpha value is -2.76. The highest BCUT2D eigenvalue weighted by Crippen LogP contribution is 2.36. The van der Waals surface area contributed by atoms with E-state index in [1.54, 1.807) is 25.1 Å². The lowest BCUT2D eigenvalue weighted by molar-refractivity contribution is 0.0871. The number of aryl methyl sites for hydroxylation is 1. The van der Waals surface area contributed by atoms with Crippen LogP contribution in [0.4, 0.5) is 9.59 Å². The van der Waals surface area contributed by atoms with Crippen LogP contribution in [0, 0.1) is 18.8 Å². The van der Waals surface area contributed by atoms with Crippen LogP contribution in [0.3, 0.4) is 0 Å². The zero-order valence-corrected chi connectivity index (χ0v) is 16.4. The SMILES string of the molecule is Cc1cc(OC(=O)OCC(C)C)c2ccccc2c1OC(=O)OCC(C)C. The molecule has 0 fully saturated rings. The van der Waals surface area contributed by atoms with Crippen molar-refractivity contribution >= 4 is 23.1 Å². The summed E-state index contributed by atoms with van der Waals surface area (Å²) in [6.07, 6.45) is -1.53. The number of benzene rings is 2. The standard InChI is InChI=1S/C21H26O6/c1-13(2)11-24-20(22)26-18-10-15(5)19(17-9-7-6-8-16(17)18)27-21(23)25-12-14(3)4/h6-10,13-14H,11-12H2,1-5H3. The minimum absolute atomic E-state index is 0.211. The molecule has 6 nitrogen and oxygen atoms in total. The van der Waals surface area contributed by atoms with E-state index in [1.807, 2.05) is 39.8 Å². The van der Waals surface area contributed by atoms with Crippen LogP contribution in [0.25, 0.3) is 10.8 Å². The Morgan fingerprint density at radius 2 is 1.37 bits per heavy atom. The first-order chi connectivity index (χ1) is 12.8. The molecule has 0 bridgehead atoms. The van der Waals surface area contributed by atoms with Crippen LogP contribution >= 0.6 is 0 Å². The van der Waals surface area contributed by atoms with Crippen LogP contribution in [0.15, 0.2) is 30.3 Å². The molecule has 0 N–H and O–H groups in total. The van der Waals surface area contributed by atoms with Gasteiger partial charge in [-0.2, -0.15) is 0 Å². The summed E-state index contributed by atoms with van der Waals surface area (Å²) in [6.45, 7) is 10.1. The normalized spacial score (nSPS) is 10.9. The summed E-state index contributed by atoms with van der Waals surface area (Å²) in [5, 5.41) is 1.28. The minimum atomic E-state index is -0.765.